The van der Waals surface area contributed by atoms with Gasteiger partial charge in [-0.1, -0.05) is 60.7 Å². The van der Waals surface area contributed by atoms with Gasteiger partial charge in [0, 0.05) is 18.0 Å². The van der Waals surface area contributed by atoms with Crippen molar-refractivity contribution in [2.24, 2.45) is 5.73 Å². The van der Waals surface area contributed by atoms with Crippen LogP contribution >= 0.6 is 0 Å². The largest absolute Gasteiger partial charge is 0.383 e. The van der Waals surface area contributed by atoms with Crippen LogP contribution in [0.25, 0.3) is 21.5 Å². The van der Waals surface area contributed by atoms with Crippen LogP contribution in [0.1, 0.15) is 17.5 Å². The van der Waals surface area contributed by atoms with Gasteiger partial charge in [-0.15, -0.1) is 0 Å². The molecule has 0 fully saturated rings. The average molecular weight is 369 g/mol. The Morgan fingerprint density at radius 3 is 2.64 bits per heavy atom. The second-order valence-corrected chi connectivity index (χ2v) is 7.17. The molecule has 4 nitrogen and oxygen atoms in total. The van der Waals surface area contributed by atoms with Gasteiger partial charge in [-0.05, 0) is 46.2 Å². The molecule has 1 aromatic heterocycles. The Hall–Kier alpha value is -3.24. The van der Waals surface area contributed by atoms with Gasteiger partial charge in [0.1, 0.15) is 11.6 Å². The molecule has 0 aliphatic carbocycles. The number of nitrogens with two attached hydrogens (primary N) is 2. The van der Waals surface area contributed by atoms with Crippen molar-refractivity contribution < 1.29 is 4.79 Å². The third kappa shape index (κ3) is 3.73. The molecule has 0 unspecified atom stereocenters. The molecule has 1 heterocycles. The highest BCUT2D eigenvalue weighted by molar-refractivity contribution is 5.91. The number of rotatable bonds is 6. The molecule has 0 aliphatic rings. The number of nitrogens with zero attached hydrogens (tertiary/aromatic N) is 1. The highest BCUT2D eigenvalue weighted by Crippen LogP contribution is 2.22. The average Bonchev–Trinajstić information content (AvgIpc) is 2.72. The third-order valence-electron chi connectivity index (χ3n) is 5.25. The van der Waals surface area contributed by atoms with E-state index < -0.39 is 6.04 Å². The normalized spacial score (nSPS) is 12.3. The van der Waals surface area contributed by atoms with E-state index in [0.29, 0.717) is 25.1 Å². The van der Waals surface area contributed by atoms with E-state index in [1.807, 2.05) is 36.4 Å². The van der Waals surface area contributed by atoms with Crippen molar-refractivity contribution in [3.05, 3.63) is 84.1 Å². The summed E-state index contributed by atoms with van der Waals surface area (Å²) < 4.78 is 0. The lowest BCUT2D eigenvalue weighted by atomic mass is 9.95. The van der Waals surface area contributed by atoms with Crippen molar-refractivity contribution in [1.82, 2.24) is 4.98 Å². The summed E-state index contributed by atoms with van der Waals surface area (Å²) in [6, 6.07) is 21.8. The number of aryl methyl sites for hydroxylation is 1. The Balaban J connectivity index is 1.43. The Morgan fingerprint density at radius 1 is 0.929 bits per heavy atom. The van der Waals surface area contributed by atoms with E-state index in [0.717, 1.165) is 27.3 Å². The lowest BCUT2D eigenvalue weighted by Gasteiger charge is -2.13. The topological polar surface area (TPSA) is 82.0 Å². The minimum atomic E-state index is -0.494. The maximum absolute atomic E-state index is 12.6. The van der Waals surface area contributed by atoms with E-state index in [-0.39, 0.29) is 5.78 Å². The number of nitrogen functional groups attached to an aromatic ring is 1. The lowest BCUT2D eigenvalue weighted by Crippen LogP contribution is -2.33. The number of hydrogen-bond donors (Lipinski definition) is 2. The quantitative estimate of drug-likeness (QED) is 0.537. The molecule has 0 saturated heterocycles. The van der Waals surface area contributed by atoms with Crippen LogP contribution in [-0.4, -0.2) is 16.8 Å². The van der Waals surface area contributed by atoms with Gasteiger partial charge in [0.15, 0.2) is 0 Å². The summed E-state index contributed by atoms with van der Waals surface area (Å²) in [5.74, 6) is 0.611. The van der Waals surface area contributed by atoms with Crippen molar-refractivity contribution in [3.63, 3.8) is 0 Å². The first-order valence-electron chi connectivity index (χ1n) is 9.50. The molecule has 140 valence electrons. The third-order valence-corrected chi connectivity index (χ3v) is 5.25. The molecular formula is C24H23N3O. The summed E-state index contributed by atoms with van der Waals surface area (Å²) >= 11 is 0. The smallest absolute Gasteiger partial charge is 0.150 e. The van der Waals surface area contributed by atoms with E-state index in [4.69, 9.17) is 11.5 Å². The second kappa shape index (κ2) is 7.79. The summed E-state index contributed by atoms with van der Waals surface area (Å²) in [6.07, 6.45) is 3.35. The Morgan fingerprint density at radius 2 is 1.75 bits per heavy atom. The zero-order valence-corrected chi connectivity index (χ0v) is 15.6. The predicted molar refractivity (Wildman–Crippen MR) is 115 cm³/mol. The first kappa shape index (κ1) is 18.1. The fourth-order valence-corrected chi connectivity index (χ4v) is 3.68. The number of aromatic nitrogens is 1. The molecule has 0 aliphatic heterocycles. The molecule has 28 heavy (non-hydrogen) atoms. The second-order valence-electron chi connectivity index (χ2n) is 7.17. The van der Waals surface area contributed by atoms with E-state index in [1.165, 1.54) is 5.39 Å². The van der Waals surface area contributed by atoms with Gasteiger partial charge >= 0.3 is 0 Å². The maximum atomic E-state index is 12.6. The van der Waals surface area contributed by atoms with Crippen molar-refractivity contribution in [1.29, 1.82) is 0 Å². The number of carbonyl (C=O) groups is 1. The van der Waals surface area contributed by atoms with Crippen LogP contribution in [0.3, 0.4) is 0 Å². The Bertz CT molecular complexity index is 1150. The molecule has 4 aromatic rings. The summed E-state index contributed by atoms with van der Waals surface area (Å²) in [5.41, 5.74) is 14.4. The van der Waals surface area contributed by atoms with Crippen LogP contribution in [0.15, 0.2) is 72.9 Å². The molecule has 3 aromatic carbocycles. The van der Waals surface area contributed by atoms with Gasteiger partial charge in [-0.2, -0.15) is 0 Å². The van der Waals surface area contributed by atoms with E-state index >= 15 is 0 Å². The number of Topliss-reactive ketones (excluding diaryl/α,β-unsaturated/α-hetero) is 1. The number of ketones is 1. The van der Waals surface area contributed by atoms with Gasteiger partial charge in [0.25, 0.3) is 0 Å². The minimum Gasteiger partial charge on any atom is -0.383 e. The molecule has 0 radical (unpaired) electrons. The van der Waals surface area contributed by atoms with Crippen LogP contribution in [0.2, 0.25) is 0 Å². The minimum absolute atomic E-state index is 0.0854. The van der Waals surface area contributed by atoms with Crippen molar-refractivity contribution in [3.8, 4) is 0 Å². The zero-order chi connectivity index (χ0) is 19.5. The van der Waals surface area contributed by atoms with Crippen LogP contribution in [0.5, 0.6) is 0 Å². The molecule has 0 spiro atoms. The predicted octanol–water partition coefficient (Wildman–Crippen LogP) is 4.04. The van der Waals surface area contributed by atoms with Crippen molar-refractivity contribution >= 4 is 33.1 Å². The Kier molecular flexibility index (Phi) is 5.04. The highest BCUT2D eigenvalue weighted by Gasteiger charge is 2.15. The molecule has 1 atom stereocenters. The monoisotopic (exact) mass is 369 g/mol. The van der Waals surface area contributed by atoms with E-state index in [9.17, 15) is 4.79 Å². The van der Waals surface area contributed by atoms with Crippen LogP contribution < -0.4 is 11.5 Å². The number of pyridine rings is 1. The molecule has 4 N–H and O–H groups in total. The Labute approximate surface area is 164 Å². The lowest BCUT2D eigenvalue weighted by molar-refractivity contribution is -0.120. The van der Waals surface area contributed by atoms with E-state index in [1.54, 1.807) is 6.20 Å². The van der Waals surface area contributed by atoms with Crippen molar-refractivity contribution in [2.75, 3.05) is 5.73 Å². The van der Waals surface area contributed by atoms with Gasteiger partial charge in [0.05, 0.1) is 6.04 Å². The fourth-order valence-electron chi connectivity index (χ4n) is 3.68. The summed E-state index contributed by atoms with van der Waals surface area (Å²) in [4.78, 5) is 16.7. The summed E-state index contributed by atoms with van der Waals surface area (Å²) in [7, 11) is 0. The zero-order valence-electron chi connectivity index (χ0n) is 15.6. The maximum Gasteiger partial charge on any atom is 0.150 e. The van der Waals surface area contributed by atoms with Gasteiger partial charge in [-0.25, -0.2) is 4.98 Å². The number of anilines is 1. The van der Waals surface area contributed by atoms with Crippen LogP contribution in [0, 0.1) is 0 Å². The first-order valence-corrected chi connectivity index (χ1v) is 9.50. The highest BCUT2D eigenvalue weighted by atomic mass is 16.1. The molecule has 0 saturated carbocycles. The van der Waals surface area contributed by atoms with Gasteiger partial charge in [-0.3, -0.25) is 4.79 Å². The standard InChI is InChI=1S/C24H23N3O/c25-22(15-18-6-3-5-17-4-1-2-7-20(17)18)23(28)11-9-16-8-10-21-19(14-16)12-13-27-24(21)26/h1-8,10,12-14,22H,9,11,15,25H2,(H2,26,27)/t22-/m0/s1. The molecule has 0 amide bonds. The molecular weight excluding hydrogens is 346 g/mol. The number of fused-ring (bicyclic) bond motifs is 2. The number of hydrogen-bond acceptors (Lipinski definition) is 4. The molecule has 0 bridgehead atoms. The van der Waals surface area contributed by atoms with Gasteiger partial charge < -0.3 is 11.5 Å². The van der Waals surface area contributed by atoms with Crippen molar-refractivity contribution in [2.45, 2.75) is 25.3 Å². The van der Waals surface area contributed by atoms with Gasteiger partial charge in [0.2, 0.25) is 0 Å². The summed E-state index contributed by atoms with van der Waals surface area (Å²) in [6.45, 7) is 0. The fraction of sp³-hybridized carbons (Fsp3) is 0.167. The number of carbonyl (C=O) groups excluding carboxylic acids is 1. The molecule has 4 heteroatoms. The van der Waals surface area contributed by atoms with Crippen LogP contribution in [-0.2, 0) is 17.6 Å². The SMILES string of the molecule is Nc1nccc2cc(CCC(=O)[C@@H](N)Cc3cccc4ccccc34)ccc12. The molecule has 4 rings (SSSR count). The van der Waals surface area contributed by atoms with Crippen LogP contribution in [0.4, 0.5) is 5.82 Å². The summed E-state index contributed by atoms with van der Waals surface area (Å²) in [5, 5.41) is 4.31. The first-order chi connectivity index (χ1) is 13.6. The van der Waals surface area contributed by atoms with E-state index in [2.05, 4.69) is 35.3 Å². The number of benzene rings is 3.